The van der Waals surface area contributed by atoms with E-state index in [0.29, 0.717) is 0 Å². The number of carboxylic acid groups (broad SMARTS) is 1. The fraction of sp³-hybridized carbons (Fsp3) is 0.125. The van der Waals surface area contributed by atoms with Crippen molar-refractivity contribution < 1.29 is 14.6 Å². The Bertz CT molecular complexity index is 355. The van der Waals surface area contributed by atoms with E-state index in [1.807, 2.05) is 0 Å². The van der Waals surface area contributed by atoms with Gasteiger partial charge in [0.1, 0.15) is 5.56 Å². The molecule has 0 heterocycles. The Morgan fingerprint density at radius 3 is 2.21 bits per heavy atom. The first-order chi connectivity index (χ1) is 6.07. The highest BCUT2D eigenvalue weighted by molar-refractivity contribution is 6.36. The van der Waals surface area contributed by atoms with Gasteiger partial charge in [0.05, 0.1) is 17.2 Å². The summed E-state index contributed by atoms with van der Waals surface area (Å²) >= 11 is 11.4. The molecular formula is C8H6AlCl2O3. The van der Waals surface area contributed by atoms with Crippen LogP contribution in [-0.4, -0.2) is 35.5 Å². The van der Waals surface area contributed by atoms with Crippen LogP contribution in [0.4, 0.5) is 0 Å². The van der Waals surface area contributed by atoms with E-state index < -0.39 is 5.97 Å². The minimum absolute atomic E-state index is 0. The van der Waals surface area contributed by atoms with Crippen molar-refractivity contribution in [2.24, 2.45) is 0 Å². The number of ether oxygens (including phenoxy) is 1. The third-order valence-corrected chi connectivity index (χ3v) is 2.09. The van der Waals surface area contributed by atoms with Crippen molar-refractivity contribution in [3.8, 4) is 5.75 Å². The molecule has 14 heavy (non-hydrogen) atoms. The van der Waals surface area contributed by atoms with E-state index in [1.165, 1.54) is 19.2 Å². The highest BCUT2D eigenvalue weighted by atomic mass is 35.5. The Morgan fingerprint density at radius 2 is 1.86 bits per heavy atom. The second-order valence-electron chi connectivity index (χ2n) is 2.24. The van der Waals surface area contributed by atoms with E-state index in [4.69, 9.17) is 33.0 Å². The maximum atomic E-state index is 10.7. The van der Waals surface area contributed by atoms with Crippen molar-refractivity contribution in [3.63, 3.8) is 0 Å². The lowest BCUT2D eigenvalue weighted by molar-refractivity contribution is 0.0693. The van der Waals surface area contributed by atoms with Gasteiger partial charge in [-0.3, -0.25) is 0 Å². The molecule has 3 radical (unpaired) electrons. The molecule has 1 N–H and O–H groups in total. The second-order valence-corrected chi connectivity index (χ2v) is 3.06. The van der Waals surface area contributed by atoms with Crippen molar-refractivity contribution in [3.05, 3.63) is 27.7 Å². The normalized spacial score (nSPS) is 9.07. The van der Waals surface area contributed by atoms with Crippen LogP contribution in [0.5, 0.6) is 5.75 Å². The molecule has 3 nitrogen and oxygen atoms in total. The number of rotatable bonds is 2. The van der Waals surface area contributed by atoms with Crippen LogP contribution in [0.3, 0.4) is 0 Å². The molecule has 0 unspecified atom stereocenters. The number of methoxy groups -OCH3 is 1. The minimum Gasteiger partial charge on any atom is -0.494 e. The summed E-state index contributed by atoms with van der Waals surface area (Å²) in [6.45, 7) is 0. The van der Waals surface area contributed by atoms with Crippen molar-refractivity contribution in [2.75, 3.05) is 7.11 Å². The zero-order valence-electron chi connectivity index (χ0n) is 7.25. The molecule has 0 aliphatic heterocycles. The van der Waals surface area contributed by atoms with E-state index in [-0.39, 0.29) is 38.7 Å². The molecule has 0 saturated carbocycles. The predicted molar refractivity (Wildman–Crippen MR) is 55.7 cm³/mol. The van der Waals surface area contributed by atoms with Gasteiger partial charge in [0.15, 0.2) is 5.75 Å². The summed E-state index contributed by atoms with van der Waals surface area (Å²) in [5.74, 6) is -1.08. The molecule has 1 rings (SSSR count). The monoisotopic (exact) mass is 247 g/mol. The molecule has 1 aromatic carbocycles. The summed E-state index contributed by atoms with van der Waals surface area (Å²) in [6.07, 6.45) is 0. The highest BCUT2D eigenvalue weighted by Crippen LogP contribution is 2.33. The Labute approximate surface area is 102 Å². The molecule has 0 aliphatic rings. The van der Waals surface area contributed by atoms with Gasteiger partial charge in [0.25, 0.3) is 0 Å². The Kier molecular flexibility index (Phi) is 5.32. The lowest BCUT2D eigenvalue weighted by Gasteiger charge is -2.07. The van der Waals surface area contributed by atoms with Gasteiger partial charge in [0, 0.05) is 17.4 Å². The van der Waals surface area contributed by atoms with Crippen molar-refractivity contribution in [1.29, 1.82) is 0 Å². The van der Waals surface area contributed by atoms with Crippen molar-refractivity contribution in [2.45, 2.75) is 0 Å². The molecule has 73 valence electrons. The first-order valence-electron chi connectivity index (χ1n) is 3.33. The van der Waals surface area contributed by atoms with Crippen molar-refractivity contribution in [1.82, 2.24) is 0 Å². The lowest BCUT2D eigenvalue weighted by Crippen LogP contribution is -2.01. The molecule has 0 atom stereocenters. The van der Waals surface area contributed by atoms with Crippen LogP contribution >= 0.6 is 23.2 Å². The number of halogens is 2. The van der Waals surface area contributed by atoms with Gasteiger partial charge in [-0.05, 0) is 12.1 Å². The summed E-state index contributed by atoms with van der Waals surface area (Å²) in [5, 5.41) is 9.11. The molecule has 0 aliphatic carbocycles. The fourth-order valence-electron chi connectivity index (χ4n) is 0.932. The molecule has 0 fully saturated rings. The summed E-state index contributed by atoms with van der Waals surface area (Å²) in [7, 11) is 1.34. The maximum absolute atomic E-state index is 10.7. The molecule has 0 amide bonds. The Morgan fingerprint density at radius 1 is 1.36 bits per heavy atom. The third kappa shape index (κ3) is 2.55. The average molecular weight is 248 g/mol. The maximum Gasteiger partial charge on any atom is 0.341 e. The molecule has 0 aromatic heterocycles. The zero-order chi connectivity index (χ0) is 10.0. The third-order valence-electron chi connectivity index (χ3n) is 1.48. The first kappa shape index (κ1) is 13.6. The van der Waals surface area contributed by atoms with E-state index in [1.54, 1.807) is 0 Å². The number of carboxylic acids is 1. The minimum atomic E-state index is -1.16. The summed E-state index contributed by atoms with van der Waals surface area (Å²) < 4.78 is 4.82. The standard InChI is InChI=1S/C8H6Cl2O3.Al/c1-13-7-5(10)3-2-4(9)6(7)8(11)12;/h2-3H,1H3,(H,11,12);. The molecule has 6 heteroatoms. The van der Waals surface area contributed by atoms with Crippen LogP contribution in [0.15, 0.2) is 12.1 Å². The van der Waals surface area contributed by atoms with Gasteiger partial charge in [-0.2, -0.15) is 0 Å². The number of hydrogen-bond donors (Lipinski definition) is 1. The van der Waals surface area contributed by atoms with Crippen LogP contribution in [-0.2, 0) is 0 Å². The van der Waals surface area contributed by atoms with Gasteiger partial charge >= 0.3 is 5.97 Å². The van der Waals surface area contributed by atoms with Crippen LogP contribution < -0.4 is 4.74 Å². The van der Waals surface area contributed by atoms with Gasteiger partial charge in [-0.25, -0.2) is 4.79 Å². The topological polar surface area (TPSA) is 46.5 Å². The zero-order valence-corrected chi connectivity index (χ0v) is 9.92. The number of benzene rings is 1. The lowest BCUT2D eigenvalue weighted by atomic mass is 10.2. The summed E-state index contributed by atoms with van der Waals surface area (Å²) in [4.78, 5) is 10.7. The van der Waals surface area contributed by atoms with E-state index >= 15 is 0 Å². The van der Waals surface area contributed by atoms with Crippen molar-refractivity contribution >= 4 is 46.5 Å². The van der Waals surface area contributed by atoms with Crippen LogP contribution in [0, 0.1) is 0 Å². The number of carbonyl (C=O) groups is 1. The Hall–Kier alpha value is -0.398. The summed E-state index contributed by atoms with van der Waals surface area (Å²) in [5.41, 5.74) is -0.114. The molecular weight excluding hydrogens is 242 g/mol. The SMILES string of the molecule is COc1c(Cl)ccc(Cl)c1C(=O)O.[Al]. The number of aromatic carboxylic acids is 1. The molecule has 0 spiro atoms. The molecule has 0 saturated heterocycles. The second kappa shape index (κ2) is 5.48. The van der Waals surface area contributed by atoms with E-state index in [9.17, 15) is 4.79 Å². The predicted octanol–water partition coefficient (Wildman–Crippen LogP) is 2.32. The van der Waals surface area contributed by atoms with Crippen LogP contribution in [0.25, 0.3) is 0 Å². The van der Waals surface area contributed by atoms with Gasteiger partial charge < -0.3 is 9.84 Å². The smallest absolute Gasteiger partial charge is 0.341 e. The Balaban J connectivity index is 0.00000169. The highest BCUT2D eigenvalue weighted by Gasteiger charge is 2.17. The first-order valence-corrected chi connectivity index (χ1v) is 4.08. The molecule has 0 bridgehead atoms. The quantitative estimate of drug-likeness (QED) is 0.817. The van der Waals surface area contributed by atoms with Gasteiger partial charge in [-0.1, -0.05) is 23.2 Å². The number of hydrogen-bond acceptors (Lipinski definition) is 2. The average Bonchev–Trinajstić information content (AvgIpc) is 2.07. The largest absolute Gasteiger partial charge is 0.494 e. The van der Waals surface area contributed by atoms with Crippen LogP contribution in [0.2, 0.25) is 10.0 Å². The van der Waals surface area contributed by atoms with E-state index in [2.05, 4.69) is 0 Å². The van der Waals surface area contributed by atoms with Gasteiger partial charge in [0.2, 0.25) is 0 Å². The fourth-order valence-corrected chi connectivity index (χ4v) is 1.40. The van der Waals surface area contributed by atoms with E-state index in [0.717, 1.165) is 0 Å². The molecule has 1 aromatic rings. The summed E-state index contributed by atoms with van der Waals surface area (Å²) in [6, 6.07) is 2.89. The van der Waals surface area contributed by atoms with Gasteiger partial charge in [-0.15, -0.1) is 0 Å². The van der Waals surface area contributed by atoms with Crippen LogP contribution in [0.1, 0.15) is 10.4 Å².